The summed E-state index contributed by atoms with van der Waals surface area (Å²) >= 11 is 0. The van der Waals surface area contributed by atoms with E-state index in [1.807, 2.05) is 0 Å². The van der Waals surface area contributed by atoms with Crippen LogP contribution in [0.5, 0.6) is 0 Å². The number of isocyanates is 2. The van der Waals surface area contributed by atoms with Crippen LogP contribution in [0.2, 0.25) is 0 Å². The highest BCUT2D eigenvalue weighted by Crippen LogP contribution is 2.50. The number of carbonyl (C=O) groups excluding carboxylic acids is 2. The summed E-state index contributed by atoms with van der Waals surface area (Å²) in [6.07, 6.45) is 9.32. The molecule has 4 nitrogen and oxygen atoms in total. The maximum atomic E-state index is 10.8. The number of aliphatic imine (C=N–C) groups is 2. The van der Waals surface area contributed by atoms with Crippen LogP contribution in [0.3, 0.4) is 0 Å². The largest absolute Gasteiger partial charge is 0.235 e. The lowest BCUT2D eigenvalue weighted by Gasteiger charge is -2.47. The summed E-state index contributed by atoms with van der Waals surface area (Å²) in [5.41, 5.74) is -0.332. The summed E-state index contributed by atoms with van der Waals surface area (Å²) in [6, 6.07) is 0. The first-order valence-electron chi connectivity index (χ1n) is 7.22. The molecule has 0 aliphatic heterocycles. The zero-order valence-corrected chi connectivity index (χ0v) is 12.2. The fourth-order valence-corrected chi connectivity index (χ4v) is 3.66. The van der Waals surface area contributed by atoms with Crippen LogP contribution >= 0.6 is 0 Å². The highest BCUT2D eigenvalue weighted by atomic mass is 16.1. The Hall–Kier alpha value is -1.24. The van der Waals surface area contributed by atoms with E-state index in [9.17, 15) is 9.59 Å². The molecule has 1 aliphatic carbocycles. The standard InChI is InChI=1S/C15H24N2O2/c1-4-13-7-14(5-2,6-3)9-15(8-13,17-12-19)10-16-11-18/h13H,4-10H2,1-3H3. The first-order chi connectivity index (χ1) is 9.09. The second-order valence-corrected chi connectivity index (χ2v) is 5.90. The van der Waals surface area contributed by atoms with Crippen LogP contribution in [0.25, 0.3) is 0 Å². The first-order valence-corrected chi connectivity index (χ1v) is 7.22. The Labute approximate surface area is 115 Å². The fraction of sp³-hybridized carbons (Fsp3) is 0.867. The molecule has 0 radical (unpaired) electrons. The van der Waals surface area contributed by atoms with E-state index in [1.165, 1.54) is 6.42 Å². The van der Waals surface area contributed by atoms with Gasteiger partial charge in [-0.3, -0.25) is 0 Å². The van der Waals surface area contributed by atoms with Gasteiger partial charge in [0.05, 0.1) is 12.1 Å². The fourth-order valence-electron chi connectivity index (χ4n) is 3.66. The molecular weight excluding hydrogens is 240 g/mol. The summed E-state index contributed by atoms with van der Waals surface area (Å²) in [5, 5.41) is 0. The van der Waals surface area contributed by atoms with Crippen molar-refractivity contribution in [1.29, 1.82) is 0 Å². The summed E-state index contributed by atoms with van der Waals surface area (Å²) < 4.78 is 0. The third kappa shape index (κ3) is 3.62. The number of hydrogen-bond acceptors (Lipinski definition) is 4. The van der Waals surface area contributed by atoms with Crippen molar-refractivity contribution in [3.63, 3.8) is 0 Å². The minimum Gasteiger partial charge on any atom is -0.211 e. The Kier molecular flexibility index (Phi) is 5.65. The van der Waals surface area contributed by atoms with Crippen LogP contribution in [0.15, 0.2) is 9.98 Å². The van der Waals surface area contributed by atoms with Crippen molar-refractivity contribution in [2.24, 2.45) is 21.3 Å². The van der Waals surface area contributed by atoms with Gasteiger partial charge >= 0.3 is 0 Å². The van der Waals surface area contributed by atoms with Gasteiger partial charge in [-0.15, -0.1) is 0 Å². The Bertz CT molecular complexity index is 391. The minimum atomic E-state index is -0.538. The van der Waals surface area contributed by atoms with E-state index in [2.05, 4.69) is 30.8 Å². The Morgan fingerprint density at radius 2 is 1.79 bits per heavy atom. The van der Waals surface area contributed by atoms with Crippen LogP contribution in [-0.2, 0) is 9.59 Å². The molecule has 0 spiro atoms. The van der Waals surface area contributed by atoms with Crippen molar-refractivity contribution in [1.82, 2.24) is 0 Å². The Morgan fingerprint density at radius 3 is 2.26 bits per heavy atom. The van der Waals surface area contributed by atoms with Gasteiger partial charge in [-0.2, -0.15) is 4.99 Å². The van der Waals surface area contributed by atoms with Crippen LogP contribution < -0.4 is 0 Å². The lowest BCUT2D eigenvalue weighted by atomic mass is 9.59. The third-order valence-corrected chi connectivity index (χ3v) is 4.89. The number of rotatable bonds is 6. The second kappa shape index (κ2) is 6.79. The zero-order chi connectivity index (χ0) is 14.4. The molecule has 2 atom stereocenters. The van der Waals surface area contributed by atoms with Gasteiger partial charge in [0, 0.05) is 0 Å². The normalized spacial score (nSPS) is 29.1. The maximum Gasteiger partial charge on any atom is 0.235 e. The molecule has 0 saturated heterocycles. The van der Waals surface area contributed by atoms with Crippen molar-refractivity contribution in [2.75, 3.05) is 6.54 Å². The van der Waals surface area contributed by atoms with Gasteiger partial charge in [-0.05, 0) is 30.6 Å². The molecule has 1 fully saturated rings. The molecule has 1 saturated carbocycles. The molecule has 0 bridgehead atoms. The Morgan fingerprint density at radius 1 is 1.11 bits per heavy atom. The molecule has 0 heterocycles. The van der Waals surface area contributed by atoms with Crippen molar-refractivity contribution in [2.45, 2.75) is 64.8 Å². The Balaban J connectivity index is 3.13. The summed E-state index contributed by atoms with van der Waals surface area (Å²) in [4.78, 5) is 29.0. The topological polar surface area (TPSA) is 58.9 Å². The maximum absolute atomic E-state index is 10.8. The zero-order valence-electron chi connectivity index (χ0n) is 12.2. The van der Waals surface area contributed by atoms with Gasteiger partial charge in [0.15, 0.2) is 0 Å². The average Bonchev–Trinajstić information content (AvgIpc) is 2.45. The summed E-state index contributed by atoms with van der Waals surface area (Å²) in [6.45, 7) is 6.83. The molecule has 19 heavy (non-hydrogen) atoms. The smallest absolute Gasteiger partial charge is 0.211 e. The molecule has 0 aromatic rings. The molecule has 1 aliphatic rings. The molecule has 0 N–H and O–H groups in total. The molecule has 4 heteroatoms. The van der Waals surface area contributed by atoms with Crippen molar-refractivity contribution in [3.05, 3.63) is 0 Å². The highest BCUT2D eigenvalue weighted by molar-refractivity contribution is 5.37. The molecule has 106 valence electrons. The summed E-state index contributed by atoms with van der Waals surface area (Å²) in [5.74, 6) is 0.535. The van der Waals surface area contributed by atoms with Crippen molar-refractivity contribution in [3.8, 4) is 0 Å². The van der Waals surface area contributed by atoms with Crippen LogP contribution in [0.4, 0.5) is 0 Å². The molecule has 1 rings (SSSR count). The van der Waals surface area contributed by atoms with Gasteiger partial charge in [0.25, 0.3) is 0 Å². The lowest BCUT2D eigenvalue weighted by molar-refractivity contribution is 0.0650. The predicted molar refractivity (Wildman–Crippen MR) is 74.5 cm³/mol. The molecular formula is C15H24N2O2. The van der Waals surface area contributed by atoms with Gasteiger partial charge < -0.3 is 0 Å². The van der Waals surface area contributed by atoms with E-state index in [0.29, 0.717) is 5.92 Å². The third-order valence-electron chi connectivity index (χ3n) is 4.89. The quantitative estimate of drug-likeness (QED) is 0.545. The van der Waals surface area contributed by atoms with Gasteiger partial charge in [0.2, 0.25) is 12.2 Å². The van der Waals surface area contributed by atoms with E-state index >= 15 is 0 Å². The van der Waals surface area contributed by atoms with E-state index in [4.69, 9.17) is 0 Å². The molecule has 0 aromatic carbocycles. The second-order valence-electron chi connectivity index (χ2n) is 5.90. The molecule has 0 aromatic heterocycles. The van der Waals surface area contributed by atoms with Gasteiger partial charge in [-0.25, -0.2) is 14.6 Å². The van der Waals surface area contributed by atoms with Crippen LogP contribution in [-0.4, -0.2) is 24.2 Å². The first kappa shape index (κ1) is 15.8. The average molecular weight is 264 g/mol. The van der Waals surface area contributed by atoms with E-state index in [0.717, 1.165) is 32.1 Å². The lowest BCUT2D eigenvalue weighted by Crippen LogP contribution is -2.45. The van der Waals surface area contributed by atoms with Crippen LogP contribution in [0.1, 0.15) is 59.3 Å². The van der Waals surface area contributed by atoms with E-state index in [-0.39, 0.29) is 12.0 Å². The van der Waals surface area contributed by atoms with E-state index < -0.39 is 5.54 Å². The monoisotopic (exact) mass is 264 g/mol. The van der Waals surface area contributed by atoms with Gasteiger partial charge in [-0.1, -0.05) is 40.0 Å². The van der Waals surface area contributed by atoms with Gasteiger partial charge in [0.1, 0.15) is 0 Å². The van der Waals surface area contributed by atoms with E-state index in [1.54, 1.807) is 12.2 Å². The number of hydrogen-bond donors (Lipinski definition) is 0. The SMILES string of the molecule is CCC1CC(CC)(CC)CC(CN=C=O)(N=C=O)C1. The van der Waals surface area contributed by atoms with Crippen molar-refractivity contribution >= 4 is 12.2 Å². The molecule has 0 amide bonds. The highest BCUT2D eigenvalue weighted by Gasteiger charge is 2.46. The predicted octanol–water partition coefficient (Wildman–Crippen LogP) is 3.41. The molecule has 2 unspecified atom stereocenters. The van der Waals surface area contributed by atoms with Crippen molar-refractivity contribution < 1.29 is 9.59 Å². The van der Waals surface area contributed by atoms with Crippen LogP contribution in [0, 0.1) is 11.3 Å². The number of nitrogens with zero attached hydrogens (tertiary/aromatic N) is 2. The summed E-state index contributed by atoms with van der Waals surface area (Å²) in [7, 11) is 0. The minimum absolute atomic E-state index is 0.206.